The Kier molecular flexibility index (Phi) is 3.09. The molecule has 1 aromatic rings. The molecule has 3 N–H and O–H groups in total. The summed E-state index contributed by atoms with van der Waals surface area (Å²) >= 11 is 0. The first-order valence-electron chi connectivity index (χ1n) is 4.07. The van der Waals surface area contributed by atoms with Gasteiger partial charge < -0.3 is 15.3 Å². The van der Waals surface area contributed by atoms with E-state index in [0.29, 0.717) is 0 Å². The lowest BCUT2D eigenvalue weighted by molar-refractivity contribution is -0.203. The van der Waals surface area contributed by atoms with Crippen LogP contribution >= 0.6 is 0 Å². The summed E-state index contributed by atoms with van der Waals surface area (Å²) in [7, 11) is 0. The van der Waals surface area contributed by atoms with Crippen molar-refractivity contribution in [1.29, 1.82) is 0 Å². The van der Waals surface area contributed by atoms with Gasteiger partial charge in [-0.3, -0.25) is 0 Å². The average Bonchev–Trinajstić information content (AvgIpc) is 2.11. The number of benzene rings is 1. The predicted molar refractivity (Wildman–Crippen MR) is 45.5 cm³/mol. The van der Waals surface area contributed by atoms with E-state index in [9.17, 15) is 18.3 Å². The van der Waals surface area contributed by atoms with Crippen molar-refractivity contribution in [1.82, 2.24) is 0 Å². The van der Waals surface area contributed by atoms with Crippen LogP contribution in [0.15, 0.2) is 18.2 Å². The second-order valence-corrected chi connectivity index (χ2v) is 3.05. The fourth-order valence-corrected chi connectivity index (χ4v) is 1.07. The molecule has 0 amide bonds. The minimum Gasteiger partial charge on any atom is -0.504 e. The van der Waals surface area contributed by atoms with Crippen molar-refractivity contribution >= 4 is 0 Å². The standard InChI is InChI=1S/C9H9F3O3/c10-9(11,12)7(14)4-5-2-1-3-6(13)8(5)15/h1-3,7,13-15H,4H2. The van der Waals surface area contributed by atoms with Crippen LogP contribution < -0.4 is 0 Å². The SMILES string of the molecule is Oc1cccc(CC(O)C(F)(F)F)c1O. The van der Waals surface area contributed by atoms with Crippen molar-refractivity contribution in [2.75, 3.05) is 0 Å². The summed E-state index contributed by atoms with van der Waals surface area (Å²) in [5, 5.41) is 26.9. The highest BCUT2D eigenvalue weighted by Crippen LogP contribution is 2.31. The molecule has 84 valence electrons. The molecule has 0 aromatic heterocycles. The quantitative estimate of drug-likeness (QED) is 0.665. The molecule has 1 atom stereocenters. The summed E-state index contributed by atoms with van der Waals surface area (Å²) in [5.74, 6) is -1.15. The minimum atomic E-state index is -4.74. The Morgan fingerprint density at radius 3 is 2.33 bits per heavy atom. The molecule has 1 aromatic carbocycles. The van der Waals surface area contributed by atoms with E-state index in [1.54, 1.807) is 0 Å². The van der Waals surface area contributed by atoms with E-state index in [0.717, 1.165) is 6.07 Å². The summed E-state index contributed by atoms with van der Waals surface area (Å²) in [5.41, 5.74) is -0.153. The summed E-state index contributed by atoms with van der Waals surface area (Å²) < 4.78 is 35.9. The first kappa shape index (κ1) is 11.6. The average molecular weight is 222 g/mol. The van der Waals surface area contributed by atoms with E-state index in [2.05, 4.69) is 0 Å². The molecular weight excluding hydrogens is 213 g/mol. The van der Waals surface area contributed by atoms with Gasteiger partial charge in [0.2, 0.25) is 0 Å². The number of aromatic hydroxyl groups is 2. The maximum absolute atomic E-state index is 12.0. The molecule has 0 heterocycles. The highest BCUT2D eigenvalue weighted by Gasteiger charge is 2.38. The van der Waals surface area contributed by atoms with Gasteiger partial charge in [0, 0.05) is 12.0 Å². The fourth-order valence-electron chi connectivity index (χ4n) is 1.07. The van der Waals surface area contributed by atoms with Crippen molar-refractivity contribution in [3.63, 3.8) is 0 Å². The Morgan fingerprint density at radius 1 is 1.20 bits per heavy atom. The van der Waals surface area contributed by atoms with Gasteiger partial charge >= 0.3 is 6.18 Å². The monoisotopic (exact) mass is 222 g/mol. The van der Waals surface area contributed by atoms with Crippen LogP contribution in [0, 0.1) is 0 Å². The van der Waals surface area contributed by atoms with Crippen LogP contribution in [-0.4, -0.2) is 27.6 Å². The van der Waals surface area contributed by atoms with Crippen LogP contribution in [0.1, 0.15) is 5.56 Å². The molecule has 0 saturated heterocycles. The number of phenolic OH excluding ortho intramolecular Hbond substituents is 2. The largest absolute Gasteiger partial charge is 0.504 e. The van der Waals surface area contributed by atoms with E-state index in [1.165, 1.54) is 12.1 Å². The molecule has 0 aliphatic rings. The first-order chi connectivity index (χ1) is 6.82. The highest BCUT2D eigenvalue weighted by molar-refractivity contribution is 5.44. The summed E-state index contributed by atoms with van der Waals surface area (Å²) in [6, 6.07) is 3.62. The molecule has 0 bridgehead atoms. The van der Waals surface area contributed by atoms with Crippen LogP contribution in [-0.2, 0) is 6.42 Å². The van der Waals surface area contributed by atoms with Gasteiger partial charge in [-0.05, 0) is 6.07 Å². The summed E-state index contributed by atoms with van der Waals surface area (Å²) in [6.07, 6.45) is -8.08. The molecule has 1 unspecified atom stereocenters. The van der Waals surface area contributed by atoms with Gasteiger partial charge in [-0.2, -0.15) is 13.2 Å². The minimum absolute atomic E-state index is 0.153. The van der Waals surface area contributed by atoms with Gasteiger partial charge in [-0.15, -0.1) is 0 Å². The molecule has 0 spiro atoms. The second-order valence-electron chi connectivity index (χ2n) is 3.05. The lowest BCUT2D eigenvalue weighted by atomic mass is 10.1. The lowest BCUT2D eigenvalue weighted by Crippen LogP contribution is -2.30. The van der Waals surface area contributed by atoms with Crippen molar-refractivity contribution < 1.29 is 28.5 Å². The normalized spacial score (nSPS) is 13.9. The van der Waals surface area contributed by atoms with Crippen molar-refractivity contribution in [2.24, 2.45) is 0 Å². The van der Waals surface area contributed by atoms with Gasteiger partial charge in [0.05, 0.1) is 0 Å². The summed E-state index contributed by atoms with van der Waals surface area (Å²) in [4.78, 5) is 0. The van der Waals surface area contributed by atoms with Gasteiger partial charge in [0.25, 0.3) is 0 Å². The van der Waals surface area contributed by atoms with Crippen LogP contribution in [0.4, 0.5) is 13.2 Å². The van der Waals surface area contributed by atoms with E-state index in [-0.39, 0.29) is 5.56 Å². The Hall–Kier alpha value is -1.43. The summed E-state index contributed by atoms with van der Waals surface area (Å²) in [6.45, 7) is 0. The molecule has 0 aliphatic carbocycles. The van der Waals surface area contributed by atoms with Crippen molar-refractivity contribution in [3.05, 3.63) is 23.8 Å². The first-order valence-corrected chi connectivity index (χ1v) is 4.07. The topological polar surface area (TPSA) is 60.7 Å². The molecule has 6 heteroatoms. The number of hydrogen-bond donors (Lipinski definition) is 3. The predicted octanol–water partition coefficient (Wildman–Crippen LogP) is 1.56. The second kappa shape index (κ2) is 3.98. The molecule has 15 heavy (non-hydrogen) atoms. The van der Waals surface area contributed by atoms with E-state index in [1.807, 2.05) is 0 Å². The van der Waals surface area contributed by atoms with Gasteiger partial charge in [0.15, 0.2) is 17.6 Å². The zero-order valence-electron chi connectivity index (χ0n) is 7.49. The third-order valence-corrected chi connectivity index (χ3v) is 1.89. The van der Waals surface area contributed by atoms with Crippen molar-refractivity contribution in [3.8, 4) is 11.5 Å². The smallest absolute Gasteiger partial charge is 0.414 e. The maximum atomic E-state index is 12.0. The zero-order chi connectivity index (χ0) is 11.6. The van der Waals surface area contributed by atoms with Crippen LogP contribution in [0.3, 0.4) is 0 Å². The van der Waals surface area contributed by atoms with E-state index < -0.39 is 30.2 Å². The zero-order valence-corrected chi connectivity index (χ0v) is 7.49. The fraction of sp³-hybridized carbons (Fsp3) is 0.333. The number of hydrogen-bond acceptors (Lipinski definition) is 3. The molecule has 0 aliphatic heterocycles. The Morgan fingerprint density at radius 2 is 1.80 bits per heavy atom. The van der Waals surface area contributed by atoms with Crippen LogP contribution in [0.25, 0.3) is 0 Å². The van der Waals surface area contributed by atoms with Crippen molar-refractivity contribution in [2.45, 2.75) is 18.7 Å². The maximum Gasteiger partial charge on any atom is 0.414 e. The lowest BCUT2D eigenvalue weighted by Gasteiger charge is -2.15. The van der Waals surface area contributed by atoms with Crippen LogP contribution in [0.5, 0.6) is 11.5 Å². The number of aliphatic hydroxyl groups excluding tert-OH is 1. The Balaban J connectivity index is 2.86. The molecule has 3 nitrogen and oxygen atoms in total. The number of alkyl halides is 3. The third-order valence-electron chi connectivity index (χ3n) is 1.89. The molecule has 0 saturated carbocycles. The number of halogens is 3. The molecule has 0 radical (unpaired) electrons. The Bertz CT molecular complexity index is 349. The Labute approximate surface area is 83.4 Å². The van der Waals surface area contributed by atoms with E-state index in [4.69, 9.17) is 10.2 Å². The van der Waals surface area contributed by atoms with Crippen LogP contribution in [0.2, 0.25) is 0 Å². The highest BCUT2D eigenvalue weighted by atomic mass is 19.4. The third kappa shape index (κ3) is 2.76. The number of para-hydroxylation sites is 1. The number of rotatable bonds is 2. The van der Waals surface area contributed by atoms with E-state index >= 15 is 0 Å². The van der Waals surface area contributed by atoms with Gasteiger partial charge in [0.1, 0.15) is 0 Å². The molecule has 0 fully saturated rings. The molecule has 1 rings (SSSR count). The van der Waals surface area contributed by atoms with Gasteiger partial charge in [-0.1, -0.05) is 12.1 Å². The van der Waals surface area contributed by atoms with Gasteiger partial charge in [-0.25, -0.2) is 0 Å². The molecular formula is C9H9F3O3. The number of phenols is 2. The number of aliphatic hydroxyl groups is 1.